The predicted octanol–water partition coefficient (Wildman–Crippen LogP) is 4.78. The van der Waals surface area contributed by atoms with Gasteiger partial charge in [0.15, 0.2) is 0 Å². The average Bonchev–Trinajstić information content (AvgIpc) is 3.06. The first-order valence-electron chi connectivity index (χ1n) is 13.4. The molecule has 1 fully saturated rings. The van der Waals surface area contributed by atoms with Gasteiger partial charge in [-0.1, -0.05) is 60.7 Å². The van der Waals surface area contributed by atoms with Gasteiger partial charge in [0.05, 0.1) is 27.6 Å². The molecule has 2 amide bonds. The number of sulfone groups is 1. The van der Waals surface area contributed by atoms with E-state index in [-0.39, 0.29) is 44.6 Å². The van der Waals surface area contributed by atoms with Crippen LogP contribution < -0.4 is 4.90 Å². The van der Waals surface area contributed by atoms with E-state index in [4.69, 9.17) is 0 Å². The lowest BCUT2D eigenvalue weighted by Gasteiger charge is -2.35. The van der Waals surface area contributed by atoms with Crippen molar-refractivity contribution in [2.24, 2.45) is 0 Å². The number of hydrogen-bond acceptors (Lipinski definition) is 5. The Balaban J connectivity index is 1.33. The fraction of sp³-hybridized carbons (Fsp3) is 0.188. The van der Waals surface area contributed by atoms with E-state index in [0.717, 1.165) is 6.54 Å². The number of carbonyl (C=O) groups is 2. The largest absolute Gasteiger partial charge is 0.336 e. The lowest BCUT2D eigenvalue weighted by Crippen LogP contribution is -2.48. The molecule has 0 aromatic heterocycles. The van der Waals surface area contributed by atoms with Gasteiger partial charge in [-0.05, 0) is 42.0 Å². The lowest BCUT2D eigenvalue weighted by atomic mass is 10.1. The van der Waals surface area contributed by atoms with Crippen LogP contribution >= 0.6 is 0 Å². The highest BCUT2D eigenvalue weighted by Crippen LogP contribution is 2.38. The Hall–Kier alpha value is -4.34. The summed E-state index contributed by atoms with van der Waals surface area (Å²) >= 11 is 0. The molecular weight excluding hydrogens is 541 g/mol. The number of nitrogens with zero attached hydrogens (tertiary/aromatic N) is 3. The van der Waals surface area contributed by atoms with Gasteiger partial charge in [-0.2, -0.15) is 0 Å². The average molecular weight is 570 g/mol. The maximum atomic E-state index is 14.7. The molecule has 2 aliphatic heterocycles. The van der Waals surface area contributed by atoms with Crippen LogP contribution in [0.25, 0.3) is 0 Å². The van der Waals surface area contributed by atoms with E-state index in [0.29, 0.717) is 26.2 Å². The fourth-order valence-electron chi connectivity index (χ4n) is 5.43. The number of rotatable bonds is 5. The van der Waals surface area contributed by atoms with Crippen LogP contribution in [-0.4, -0.2) is 56.2 Å². The quantitative estimate of drug-likeness (QED) is 0.346. The van der Waals surface area contributed by atoms with Crippen LogP contribution in [0, 0.1) is 5.82 Å². The molecule has 0 aliphatic carbocycles. The number of piperazine rings is 1. The summed E-state index contributed by atoms with van der Waals surface area (Å²) in [6, 6.07) is 26.5. The predicted molar refractivity (Wildman–Crippen MR) is 153 cm³/mol. The first-order valence-corrected chi connectivity index (χ1v) is 14.9. The highest BCUT2D eigenvalue weighted by molar-refractivity contribution is 7.91. The van der Waals surface area contributed by atoms with Crippen molar-refractivity contribution in [3.63, 3.8) is 0 Å². The third kappa shape index (κ3) is 5.14. The summed E-state index contributed by atoms with van der Waals surface area (Å²) in [7, 11) is -4.10. The first-order chi connectivity index (χ1) is 19.8. The normalized spacial score (nSPS) is 16.6. The molecule has 0 saturated carbocycles. The monoisotopic (exact) mass is 569 g/mol. The summed E-state index contributed by atoms with van der Waals surface area (Å²) < 4.78 is 42.2. The summed E-state index contributed by atoms with van der Waals surface area (Å²) in [6.07, 6.45) is 0. The molecule has 0 radical (unpaired) electrons. The zero-order valence-corrected chi connectivity index (χ0v) is 23.1. The molecular formula is C32H28FN3O4S. The molecule has 2 aliphatic rings. The highest BCUT2D eigenvalue weighted by Gasteiger charge is 2.36. The standard InChI is InChI=1S/C32H28FN3O4S/c33-27-12-6-4-10-25(27)22-36-28-20-24(14-15-30(28)41(39,40)29-13-7-5-11-26(29)32(36)38)31(37)35-18-16-34(17-19-35)21-23-8-2-1-3-9-23/h1-15,20H,16-19,21-22H2. The van der Waals surface area contributed by atoms with Gasteiger partial charge in [0, 0.05) is 43.9 Å². The van der Waals surface area contributed by atoms with Gasteiger partial charge in [0.25, 0.3) is 11.8 Å². The van der Waals surface area contributed by atoms with Gasteiger partial charge in [-0.25, -0.2) is 12.8 Å². The molecule has 4 aromatic rings. The summed E-state index contributed by atoms with van der Waals surface area (Å²) in [4.78, 5) is 32.5. The van der Waals surface area contributed by atoms with Gasteiger partial charge < -0.3 is 9.80 Å². The maximum Gasteiger partial charge on any atom is 0.259 e. The number of halogens is 1. The van der Waals surface area contributed by atoms with E-state index in [1.165, 1.54) is 46.9 Å². The Labute approximate surface area is 238 Å². The highest BCUT2D eigenvalue weighted by atomic mass is 32.2. The molecule has 4 aromatic carbocycles. The van der Waals surface area contributed by atoms with Gasteiger partial charge in [0.1, 0.15) is 5.82 Å². The first kappa shape index (κ1) is 26.9. The van der Waals surface area contributed by atoms with Crippen molar-refractivity contribution < 1.29 is 22.4 Å². The molecule has 6 rings (SSSR count). The zero-order valence-electron chi connectivity index (χ0n) is 22.2. The van der Waals surface area contributed by atoms with Gasteiger partial charge in [-0.3, -0.25) is 14.5 Å². The van der Waals surface area contributed by atoms with Gasteiger partial charge in [0.2, 0.25) is 9.84 Å². The van der Waals surface area contributed by atoms with E-state index in [2.05, 4.69) is 17.0 Å². The second kappa shape index (κ2) is 10.9. The third-order valence-corrected chi connectivity index (χ3v) is 9.49. The number of hydrogen-bond donors (Lipinski definition) is 0. The SMILES string of the molecule is O=C(c1ccc2c(c1)N(Cc1ccccc1F)C(=O)c1ccccc1S2(=O)=O)N1CCN(Cc2ccccc2)CC1. The zero-order chi connectivity index (χ0) is 28.6. The van der Waals surface area contributed by atoms with Crippen LogP contribution in [0.3, 0.4) is 0 Å². The Morgan fingerprint density at radius 2 is 1.44 bits per heavy atom. The minimum absolute atomic E-state index is 0.00227. The molecule has 0 spiro atoms. The lowest BCUT2D eigenvalue weighted by molar-refractivity contribution is 0.0628. The number of fused-ring (bicyclic) bond motifs is 2. The van der Waals surface area contributed by atoms with E-state index >= 15 is 0 Å². The molecule has 1 saturated heterocycles. The molecule has 41 heavy (non-hydrogen) atoms. The van der Waals surface area contributed by atoms with E-state index in [9.17, 15) is 22.4 Å². The smallest absolute Gasteiger partial charge is 0.259 e. The van der Waals surface area contributed by atoms with Gasteiger partial charge in [-0.15, -0.1) is 0 Å². The van der Waals surface area contributed by atoms with Crippen LogP contribution in [0.15, 0.2) is 107 Å². The Kier molecular flexibility index (Phi) is 7.15. The second-order valence-electron chi connectivity index (χ2n) is 10.2. The summed E-state index contributed by atoms with van der Waals surface area (Å²) in [5.41, 5.74) is 1.77. The fourth-order valence-corrected chi connectivity index (χ4v) is 7.06. The molecule has 2 heterocycles. The summed E-state index contributed by atoms with van der Waals surface area (Å²) in [5, 5.41) is 0. The Bertz CT molecular complexity index is 1740. The third-order valence-electron chi connectivity index (χ3n) is 7.63. The number of benzene rings is 4. The second-order valence-corrected chi connectivity index (χ2v) is 12.1. The summed E-state index contributed by atoms with van der Waals surface area (Å²) in [6.45, 7) is 3.04. The van der Waals surface area contributed by atoms with Crippen LogP contribution in [0.5, 0.6) is 0 Å². The summed E-state index contributed by atoms with van der Waals surface area (Å²) in [5.74, 6) is -1.34. The van der Waals surface area contributed by atoms with Crippen LogP contribution in [-0.2, 0) is 22.9 Å². The molecule has 0 unspecified atom stereocenters. The van der Waals surface area contributed by atoms with Crippen molar-refractivity contribution >= 4 is 27.3 Å². The van der Waals surface area contributed by atoms with Crippen molar-refractivity contribution in [2.45, 2.75) is 22.9 Å². The Morgan fingerprint density at radius 3 is 2.20 bits per heavy atom. The Morgan fingerprint density at radius 1 is 0.756 bits per heavy atom. The van der Waals surface area contributed by atoms with Crippen molar-refractivity contribution in [2.75, 3.05) is 31.1 Å². The van der Waals surface area contributed by atoms with E-state index in [1.54, 1.807) is 35.2 Å². The van der Waals surface area contributed by atoms with Crippen molar-refractivity contribution in [3.05, 3.63) is 125 Å². The van der Waals surface area contributed by atoms with Crippen LogP contribution in [0.4, 0.5) is 10.1 Å². The molecule has 9 heteroatoms. The topological polar surface area (TPSA) is 78.0 Å². The molecule has 7 nitrogen and oxygen atoms in total. The van der Waals surface area contributed by atoms with Crippen molar-refractivity contribution in [1.29, 1.82) is 0 Å². The molecule has 0 bridgehead atoms. The minimum Gasteiger partial charge on any atom is -0.336 e. The molecule has 208 valence electrons. The van der Waals surface area contributed by atoms with Crippen molar-refractivity contribution in [3.8, 4) is 0 Å². The molecule has 0 atom stereocenters. The number of carbonyl (C=O) groups excluding carboxylic acids is 2. The minimum atomic E-state index is -4.10. The number of anilines is 1. The molecule has 0 N–H and O–H groups in total. The van der Waals surface area contributed by atoms with E-state index < -0.39 is 21.6 Å². The van der Waals surface area contributed by atoms with Crippen LogP contribution in [0.1, 0.15) is 31.8 Å². The van der Waals surface area contributed by atoms with E-state index in [1.807, 2.05) is 18.2 Å². The van der Waals surface area contributed by atoms with Crippen LogP contribution in [0.2, 0.25) is 0 Å². The number of amides is 2. The maximum absolute atomic E-state index is 14.7. The van der Waals surface area contributed by atoms with Crippen molar-refractivity contribution in [1.82, 2.24) is 9.80 Å². The van der Waals surface area contributed by atoms with Gasteiger partial charge >= 0.3 is 0 Å².